The van der Waals surface area contributed by atoms with Crippen molar-refractivity contribution in [3.05, 3.63) is 29.8 Å². The number of carbonyl (C=O) groups excluding carboxylic acids is 3. The molecule has 178 valence electrons. The fourth-order valence-corrected chi connectivity index (χ4v) is 2.76. The van der Waals surface area contributed by atoms with Gasteiger partial charge in [0.15, 0.2) is 6.04 Å². The van der Waals surface area contributed by atoms with Crippen LogP contribution in [0.15, 0.2) is 24.3 Å². The topological polar surface area (TPSA) is 191 Å². The Kier molecular flexibility index (Phi) is 10.6. The van der Waals surface area contributed by atoms with Gasteiger partial charge >= 0.3 is 5.97 Å². The lowest BCUT2D eigenvalue weighted by atomic mass is 9.98. The van der Waals surface area contributed by atoms with Gasteiger partial charge in [-0.15, -0.1) is 0 Å². The maximum atomic E-state index is 12.7. The summed E-state index contributed by atoms with van der Waals surface area (Å²) in [5.74, 6) is -3.52. The summed E-state index contributed by atoms with van der Waals surface area (Å²) in [4.78, 5) is 48.3. The van der Waals surface area contributed by atoms with Crippen molar-refractivity contribution in [3.63, 3.8) is 0 Å². The molecule has 1 aromatic carbocycles. The second-order valence-corrected chi connectivity index (χ2v) is 7.68. The summed E-state index contributed by atoms with van der Waals surface area (Å²) in [5.41, 5.74) is 6.59. The smallest absolute Gasteiger partial charge is 0.328 e. The maximum Gasteiger partial charge on any atom is 0.328 e. The van der Waals surface area contributed by atoms with Gasteiger partial charge in [-0.3, -0.25) is 14.4 Å². The van der Waals surface area contributed by atoms with E-state index in [2.05, 4.69) is 16.0 Å². The molecule has 11 nitrogen and oxygen atoms in total. The predicted molar refractivity (Wildman–Crippen MR) is 115 cm³/mol. The van der Waals surface area contributed by atoms with Crippen LogP contribution < -0.4 is 21.7 Å². The molecule has 5 unspecified atom stereocenters. The molecular formula is C21H32N4O7. The molecule has 0 saturated carbocycles. The molecule has 0 spiro atoms. The number of rotatable bonds is 12. The maximum absolute atomic E-state index is 12.7. The third-order valence-corrected chi connectivity index (χ3v) is 5.06. The Morgan fingerprint density at radius 2 is 1.62 bits per heavy atom. The van der Waals surface area contributed by atoms with Crippen LogP contribution in [0, 0.1) is 5.92 Å². The molecule has 0 saturated heterocycles. The van der Waals surface area contributed by atoms with Crippen molar-refractivity contribution in [2.45, 2.75) is 57.8 Å². The number of aromatic hydroxyl groups is 1. The van der Waals surface area contributed by atoms with Crippen LogP contribution in [0.25, 0.3) is 0 Å². The third-order valence-electron chi connectivity index (χ3n) is 5.06. The number of amides is 3. The Hall–Kier alpha value is -3.18. The molecule has 0 aliphatic carbocycles. The number of hydrogen-bond acceptors (Lipinski definition) is 7. The number of hydrogen-bond donors (Lipinski definition) is 7. The van der Waals surface area contributed by atoms with Crippen LogP contribution >= 0.6 is 0 Å². The number of phenols is 1. The zero-order valence-electron chi connectivity index (χ0n) is 18.4. The van der Waals surface area contributed by atoms with Gasteiger partial charge in [-0.1, -0.05) is 32.4 Å². The number of aliphatic hydroxyl groups excluding tert-OH is 1. The number of nitrogens with one attached hydrogen (secondary N) is 3. The quantitative estimate of drug-likeness (QED) is 0.207. The van der Waals surface area contributed by atoms with E-state index < -0.39 is 54.5 Å². The molecule has 8 N–H and O–H groups in total. The van der Waals surface area contributed by atoms with Gasteiger partial charge in [0.2, 0.25) is 17.7 Å². The SMILES string of the molecule is CCC(C)C(N)C(=O)NC(Cc1ccc(O)cc1)C(=O)NCC(=O)NC(C(=O)O)C(C)O. The minimum absolute atomic E-state index is 0.0420. The number of carbonyl (C=O) groups is 4. The van der Waals surface area contributed by atoms with E-state index in [1.54, 1.807) is 12.1 Å². The standard InChI is InChI=1S/C21H32N4O7/c1-4-11(2)17(22)20(30)24-15(9-13-5-7-14(27)8-6-13)19(29)23-10-16(28)25-18(12(3)26)21(31)32/h5-8,11-12,15,17-18,26-27H,4,9-10,22H2,1-3H3,(H,23,29)(H,24,30)(H,25,28)(H,31,32). The number of aliphatic hydroxyl groups is 1. The first-order valence-electron chi connectivity index (χ1n) is 10.3. The predicted octanol–water partition coefficient (Wildman–Crippen LogP) is -1.14. The van der Waals surface area contributed by atoms with Gasteiger partial charge in [0.05, 0.1) is 18.7 Å². The van der Waals surface area contributed by atoms with E-state index >= 15 is 0 Å². The van der Waals surface area contributed by atoms with Crippen LogP contribution in [0.4, 0.5) is 0 Å². The molecule has 3 amide bonds. The summed E-state index contributed by atoms with van der Waals surface area (Å²) in [6, 6.07) is 2.62. The van der Waals surface area contributed by atoms with E-state index in [1.165, 1.54) is 19.1 Å². The molecular weight excluding hydrogens is 420 g/mol. The average molecular weight is 453 g/mol. The zero-order valence-corrected chi connectivity index (χ0v) is 18.4. The van der Waals surface area contributed by atoms with Crippen molar-refractivity contribution in [3.8, 4) is 5.75 Å². The van der Waals surface area contributed by atoms with Crippen molar-refractivity contribution >= 4 is 23.7 Å². The lowest BCUT2D eigenvalue weighted by molar-refractivity contribution is -0.144. The van der Waals surface area contributed by atoms with Crippen molar-refractivity contribution in [2.75, 3.05) is 6.54 Å². The van der Waals surface area contributed by atoms with Gasteiger partial charge in [0.1, 0.15) is 11.8 Å². The van der Waals surface area contributed by atoms with Gasteiger partial charge in [-0.25, -0.2) is 4.79 Å². The highest BCUT2D eigenvalue weighted by Crippen LogP contribution is 2.12. The lowest BCUT2D eigenvalue weighted by Gasteiger charge is -2.23. The van der Waals surface area contributed by atoms with E-state index in [0.29, 0.717) is 12.0 Å². The molecule has 1 aromatic rings. The molecule has 0 aliphatic heterocycles. The summed E-state index contributed by atoms with van der Waals surface area (Å²) < 4.78 is 0. The summed E-state index contributed by atoms with van der Waals surface area (Å²) >= 11 is 0. The van der Waals surface area contributed by atoms with Crippen LogP contribution in [0.5, 0.6) is 5.75 Å². The Labute approximate surface area is 186 Å². The third kappa shape index (κ3) is 8.52. The molecule has 0 heterocycles. The first-order chi connectivity index (χ1) is 15.0. The summed E-state index contributed by atoms with van der Waals surface area (Å²) in [5, 5.41) is 34.9. The number of carboxylic acids is 1. The Morgan fingerprint density at radius 1 is 1.03 bits per heavy atom. The lowest BCUT2D eigenvalue weighted by Crippen LogP contribution is -2.55. The zero-order chi connectivity index (χ0) is 24.4. The van der Waals surface area contributed by atoms with E-state index in [4.69, 9.17) is 10.8 Å². The van der Waals surface area contributed by atoms with E-state index in [1.807, 2.05) is 13.8 Å². The van der Waals surface area contributed by atoms with Gasteiger partial charge in [-0.05, 0) is 30.5 Å². The Bertz CT molecular complexity index is 798. The minimum atomic E-state index is -1.53. The molecule has 1 rings (SSSR count). The van der Waals surface area contributed by atoms with Crippen LogP contribution in [-0.2, 0) is 25.6 Å². The summed E-state index contributed by atoms with van der Waals surface area (Å²) in [7, 11) is 0. The number of phenolic OH excluding ortho intramolecular Hbond substituents is 1. The Morgan fingerprint density at radius 3 is 2.12 bits per heavy atom. The summed E-state index contributed by atoms with van der Waals surface area (Å²) in [6.45, 7) is 4.34. The molecule has 32 heavy (non-hydrogen) atoms. The first-order valence-corrected chi connectivity index (χ1v) is 10.3. The second-order valence-electron chi connectivity index (χ2n) is 7.68. The summed E-state index contributed by atoms with van der Waals surface area (Å²) in [6.07, 6.45) is -0.605. The van der Waals surface area contributed by atoms with Crippen LogP contribution in [0.2, 0.25) is 0 Å². The van der Waals surface area contributed by atoms with Gasteiger partial charge < -0.3 is 37.0 Å². The van der Waals surface area contributed by atoms with Gasteiger partial charge in [0, 0.05) is 6.42 Å². The molecule has 0 radical (unpaired) electrons. The number of nitrogens with two attached hydrogens (primary N) is 1. The molecule has 0 fully saturated rings. The van der Waals surface area contributed by atoms with Crippen LogP contribution in [0.1, 0.15) is 32.8 Å². The van der Waals surface area contributed by atoms with Crippen LogP contribution in [-0.4, -0.2) is 69.8 Å². The normalized spacial score (nSPS) is 15.5. The highest BCUT2D eigenvalue weighted by atomic mass is 16.4. The van der Waals surface area contributed by atoms with E-state index in [0.717, 1.165) is 0 Å². The van der Waals surface area contributed by atoms with Crippen LogP contribution in [0.3, 0.4) is 0 Å². The highest BCUT2D eigenvalue weighted by Gasteiger charge is 2.28. The highest BCUT2D eigenvalue weighted by molar-refractivity contribution is 5.92. The van der Waals surface area contributed by atoms with E-state index in [-0.39, 0.29) is 18.1 Å². The fraction of sp³-hybridized carbons (Fsp3) is 0.524. The van der Waals surface area contributed by atoms with Crippen molar-refractivity contribution < 1.29 is 34.5 Å². The second kappa shape index (κ2) is 12.6. The number of carboxylic acid groups (broad SMARTS) is 1. The minimum Gasteiger partial charge on any atom is -0.508 e. The molecule has 0 aromatic heterocycles. The van der Waals surface area contributed by atoms with Gasteiger partial charge in [0.25, 0.3) is 0 Å². The number of benzene rings is 1. The number of aliphatic carboxylic acids is 1. The van der Waals surface area contributed by atoms with Crippen molar-refractivity contribution in [1.82, 2.24) is 16.0 Å². The molecule has 0 aliphatic rings. The van der Waals surface area contributed by atoms with Crippen molar-refractivity contribution in [1.29, 1.82) is 0 Å². The van der Waals surface area contributed by atoms with Crippen molar-refractivity contribution in [2.24, 2.45) is 11.7 Å². The van der Waals surface area contributed by atoms with Gasteiger partial charge in [-0.2, -0.15) is 0 Å². The Balaban J connectivity index is 2.86. The molecule has 0 bridgehead atoms. The largest absolute Gasteiger partial charge is 0.508 e. The monoisotopic (exact) mass is 452 g/mol. The van der Waals surface area contributed by atoms with E-state index in [9.17, 15) is 29.4 Å². The average Bonchev–Trinajstić information content (AvgIpc) is 2.74. The molecule has 11 heteroatoms. The fourth-order valence-electron chi connectivity index (χ4n) is 2.76. The first kappa shape index (κ1) is 26.9. The molecule has 5 atom stereocenters.